The van der Waals surface area contributed by atoms with Crippen molar-refractivity contribution in [3.63, 3.8) is 0 Å². The van der Waals surface area contributed by atoms with E-state index in [9.17, 15) is 9.59 Å². The number of benzene rings is 2. The highest BCUT2D eigenvalue weighted by Gasteiger charge is 2.20. The minimum Gasteiger partial charge on any atom is -0.368 e. The largest absolute Gasteiger partial charge is 0.368 e. The first-order valence-corrected chi connectivity index (χ1v) is 9.07. The van der Waals surface area contributed by atoms with Crippen molar-refractivity contribution in [1.29, 1.82) is 0 Å². The summed E-state index contributed by atoms with van der Waals surface area (Å²) in [6.45, 7) is 7.07. The molecule has 1 aliphatic heterocycles. The summed E-state index contributed by atoms with van der Waals surface area (Å²) < 4.78 is 0. The maximum absolute atomic E-state index is 12.3. The van der Waals surface area contributed by atoms with E-state index in [2.05, 4.69) is 10.2 Å². The lowest BCUT2D eigenvalue weighted by Gasteiger charge is -2.36. The molecule has 0 aliphatic carbocycles. The summed E-state index contributed by atoms with van der Waals surface area (Å²) in [6.07, 6.45) is 0.565. The lowest BCUT2D eigenvalue weighted by atomic mass is 10.1. The monoisotopic (exact) mass is 351 g/mol. The highest BCUT2D eigenvalue weighted by Crippen LogP contribution is 2.20. The van der Waals surface area contributed by atoms with E-state index >= 15 is 0 Å². The fraction of sp³-hybridized carbons (Fsp3) is 0.333. The van der Waals surface area contributed by atoms with Crippen molar-refractivity contribution in [2.75, 3.05) is 36.4 Å². The van der Waals surface area contributed by atoms with E-state index in [0.717, 1.165) is 43.1 Å². The summed E-state index contributed by atoms with van der Waals surface area (Å²) >= 11 is 0. The Kier molecular flexibility index (Phi) is 5.56. The van der Waals surface area contributed by atoms with Crippen LogP contribution >= 0.6 is 0 Å². The van der Waals surface area contributed by atoms with E-state index in [1.54, 1.807) is 0 Å². The minimum absolute atomic E-state index is 0.104. The van der Waals surface area contributed by atoms with Gasteiger partial charge in [0.25, 0.3) is 5.91 Å². The molecule has 0 unspecified atom stereocenters. The van der Waals surface area contributed by atoms with Crippen LogP contribution in [0.1, 0.15) is 29.3 Å². The van der Waals surface area contributed by atoms with Gasteiger partial charge in [-0.15, -0.1) is 0 Å². The molecular weight excluding hydrogens is 326 g/mol. The fourth-order valence-electron chi connectivity index (χ4n) is 3.18. The molecule has 0 saturated carbocycles. The first-order valence-electron chi connectivity index (χ1n) is 9.07. The zero-order valence-corrected chi connectivity index (χ0v) is 15.4. The molecule has 2 amide bonds. The third-order valence-corrected chi connectivity index (χ3v) is 4.71. The molecule has 0 atom stereocenters. The van der Waals surface area contributed by atoms with Crippen molar-refractivity contribution in [1.82, 2.24) is 4.90 Å². The van der Waals surface area contributed by atoms with Crippen LogP contribution in [0, 0.1) is 6.92 Å². The third kappa shape index (κ3) is 4.23. The summed E-state index contributed by atoms with van der Waals surface area (Å²) in [7, 11) is 0. The number of carbonyl (C=O) groups is 2. The first-order chi connectivity index (χ1) is 12.6. The maximum Gasteiger partial charge on any atom is 0.255 e. The molecule has 0 aromatic heterocycles. The van der Waals surface area contributed by atoms with E-state index in [4.69, 9.17) is 0 Å². The molecule has 0 bridgehead atoms. The van der Waals surface area contributed by atoms with Gasteiger partial charge in [0.1, 0.15) is 0 Å². The Morgan fingerprint density at radius 2 is 1.69 bits per heavy atom. The van der Waals surface area contributed by atoms with Gasteiger partial charge in [0.15, 0.2) is 0 Å². The van der Waals surface area contributed by atoms with Crippen molar-refractivity contribution in [3.05, 3.63) is 59.7 Å². The predicted octanol–water partition coefficient (Wildman–Crippen LogP) is 3.31. The predicted molar refractivity (Wildman–Crippen MR) is 105 cm³/mol. The Morgan fingerprint density at radius 3 is 2.31 bits per heavy atom. The van der Waals surface area contributed by atoms with Crippen molar-refractivity contribution < 1.29 is 9.59 Å². The van der Waals surface area contributed by atoms with Gasteiger partial charge in [-0.25, -0.2) is 0 Å². The van der Waals surface area contributed by atoms with Gasteiger partial charge in [-0.05, 0) is 43.3 Å². The van der Waals surface area contributed by atoms with Crippen LogP contribution in [-0.4, -0.2) is 42.9 Å². The molecular formula is C21H25N3O2. The molecule has 1 aliphatic rings. The standard InChI is InChI=1S/C21H25N3O2/c1-3-20(25)24-13-11-23(12-14-24)19-9-7-18(8-10-19)22-21(26)17-6-4-5-16(2)15-17/h4-10,15H,3,11-14H2,1-2H3,(H,22,26). The van der Waals surface area contributed by atoms with E-state index in [0.29, 0.717) is 12.0 Å². The Balaban J connectivity index is 1.59. The van der Waals surface area contributed by atoms with Crippen molar-refractivity contribution in [2.24, 2.45) is 0 Å². The number of nitrogens with zero attached hydrogens (tertiary/aromatic N) is 2. The average Bonchev–Trinajstić information content (AvgIpc) is 2.68. The fourth-order valence-corrected chi connectivity index (χ4v) is 3.18. The second-order valence-corrected chi connectivity index (χ2v) is 6.59. The van der Waals surface area contributed by atoms with Gasteiger partial charge in [0.2, 0.25) is 5.91 Å². The van der Waals surface area contributed by atoms with Crippen LogP contribution in [-0.2, 0) is 4.79 Å². The number of rotatable bonds is 4. The summed E-state index contributed by atoms with van der Waals surface area (Å²) in [5.74, 6) is 0.118. The molecule has 1 heterocycles. The number of anilines is 2. The van der Waals surface area contributed by atoms with Crippen LogP contribution in [0.15, 0.2) is 48.5 Å². The normalized spacial score (nSPS) is 14.2. The summed E-state index contributed by atoms with van der Waals surface area (Å²) in [4.78, 5) is 28.3. The van der Waals surface area contributed by atoms with Gasteiger partial charge in [-0.2, -0.15) is 0 Å². The van der Waals surface area contributed by atoms with Crippen LogP contribution in [0.25, 0.3) is 0 Å². The minimum atomic E-state index is -0.104. The number of amides is 2. The zero-order valence-electron chi connectivity index (χ0n) is 15.4. The van der Waals surface area contributed by atoms with Crippen molar-refractivity contribution >= 4 is 23.2 Å². The van der Waals surface area contributed by atoms with Gasteiger partial charge in [-0.1, -0.05) is 24.6 Å². The number of carbonyl (C=O) groups excluding carboxylic acids is 2. The topological polar surface area (TPSA) is 52.7 Å². The smallest absolute Gasteiger partial charge is 0.255 e. The SMILES string of the molecule is CCC(=O)N1CCN(c2ccc(NC(=O)c3cccc(C)c3)cc2)CC1. The van der Waals surface area contributed by atoms with E-state index in [1.807, 2.05) is 67.3 Å². The second kappa shape index (κ2) is 8.04. The number of nitrogens with one attached hydrogen (secondary N) is 1. The lowest BCUT2D eigenvalue weighted by Crippen LogP contribution is -2.48. The molecule has 2 aromatic rings. The average molecular weight is 351 g/mol. The number of hydrogen-bond donors (Lipinski definition) is 1. The van der Waals surface area contributed by atoms with Gasteiger partial charge >= 0.3 is 0 Å². The van der Waals surface area contributed by atoms with Gasteiger partial charge in [-0.3, -0.25) is 9.59 Å². The van der Waals surface area contributed by atoms with Crippen molar-refractivity contribution in [2.45, 2.75) is 20.3 Å². The second-order valence-electron chi connectivity index (χ2n) is 6.59. The number of aryl methyl sites for hydroxylation is 1. The summed E-state index contributed by atoms with van der Waals surface area (Å²) in [5, 5.41) is 2.93. The molecule has 0 spiro atoms. The molecule has 1 saturated heterocycles. The molecule has 3 rings (SSSR count). The third-order valence-electron chi connectivity index (χ3n) is 4.71. The molecule has 1 N–H and O–H groups in total. The van der Waals surface area contributed by atoms with E-state index in [-0.39, 0.29) is 11.8 Å². The lowest BCUT2D eigenvalue weighted by molar-refractivity contribution is -0.131. The van der Waals surface area contributed by atoms with Crippen LogP contribution in [0.3, 0.4) is 0 Å². The highest BCUT2D eigenvalue weighted by molar-refractivity contribution is 6.04. The van der Waals surface area contributed by atoms with E-state index in [1.165, 1.54) is 0 Å². The molecule has 1 fully saturated rings. The van der Waals surface area contributed by atoms with Crippen LogP contribution in [0.2, 0.25) is 0 Å². The number of piperazine rings is 1. The van der Waals surface area contributed by atoms with Gasteiger partial charge in [0.05, 0.1) is 0 Å². The summed E-state index contributed by atoms with van der Waals surface area (Å²) in [6, 6.07) is 15.4. The Bertz CT molecular complexity index is 778. The Morgan fingerprint density at radius 1 is 1.00 bits per heavy atom. The molecule has 5 heteroatoms. The number of hydrogen-bond acceptors (Lipinski definition) is 3. The molecule has 26 heavy (non-hydrogen) atoms. The van der Waals surface area contributed by atoms with Crippen LogP contribution in [0.5, 0.6) is 0 Å². The van der Waals surface area contributed by atoms with Crippen molar-refractivity contribution in [3.8, 4) is 0 Å². The van der Waals surface area contributed by atoms with Crippen LogP contribution in [0.4, 0.5) is 11.4 Å². The molecule has 5 nitrogen and oxygen atoms in total. The quantitative estimate of drug-likeness (QED) is 0.919. The molecule has 0 radical (unpaired) electrons. The van der Waals surface area contributed by atoms with E-state index < -0.39 is 0 Å². The maximum atomic E-state index is 12.3. The summed E-state index contributed by atoms with van der Waals surface area (Å²) in [5.41, 5.74) is 3.61. The highest BCUT2D eigenvalue weighted by atomic mass is 16.2. The van der Waals surface area contributed by atoms with Gasteiger partial charge in [0, 0.05) is 49.5 Å². The van der Waals surface area contributed by atoms with Gasteiger partial charge < -0.3 is 15.1 Å². The van der Waals surface area contributed by atoms with Crippen LogP contribution < -0.4 is 10.2 Å². The Hall–Kier alpha value is -2.82. The first kappa shape index (κ1) is 18.0. The molecule has 2 aromatic carbocycles. The Labute approximate surface area is 154 Å². The molecule has 136 valence electrons. The zero-order chi connectivity index (χ0) is 18.5.